The molecule has 0 bridgehead atoms. The molecule has 8 heteroatoms. The number of carbonyl (C=O) groups excluding carboxylic acids is 2. The molecular weight excluding hydrogens is 436 g/mol. The van der Waals surface area contributed by atoms with E-state index in [0.717, 1.165) is 22.3 Å². The average Bonchev–Trinajstić information content (AvgIpc) is 3.16. The van der Waals surface area contributed by atoms with Crippen molar-refractivity contribution < 1.29 is 29.0 Å². The topological polar surface area (TPSA) is 105 Å². The van der Waals surface area contributed by atoms with Crippen LogP contribution in [0.4, 0.5) is 4.79 Å². The number of ether oxygens (including phenoxy) is 2. The molecule has 2 unspecified atom stereocenters. The van der Waals surface area contributed by atoms with Crippen molar-refractivity contribution in [3.8, 4) is 11.1 Å². The zero-order valence-corrected chi connectivity index (χ0v) is 19.5. The van der Waals surface area contributed by atoms with Crippen molar-refractivity contribution in [1.82, 2.24) is 10.2 Å². The van der Waals surface area contributed by atoms with Crippen molar-refractivity contribution in [3.05, 3.63) is 59.7 Å². The molecule has 2 amide bonds. The van der Waals surface area contributed by atoms with Gasteiger partial charge in [0.25, 0.3) is 5.91 Å². The molecule has 0 radical (unpaired) electrons. The summed E-state index contributed by atoms with van der Waals surface area (Å²) in [4.78, 5) is 38.4. The number of carboxylic acids is 1. The molecule has 1 aliphatic carbocycles. The van der Waals surface area contributed by atoms with Gasteiger partial charge in [0.15, 0.2) is 6.10 Å². The number of carbonyl (C=O) groups is 3. The Balaban J connectivity index is 1.33. The molecule has 8 nitrogen and oxygen atoms in total. The first-order valence-corrected chi connectivity index (χ1v) is 11.5. The summed E-state index contributed by atoms with van der Waals surface area (Å²) in [7, 11) is 1.39. The van der Waals surface area contributed by atoms with E-state index in [-0.39, 0.29) is 31.5 Å². The number of nitrogens with zero attached hydrogens (tertiary/aromatic N) is 1. The van der Waals surface area contributed by atoms with E-state index in [1.807, 2.05) is 36.4 Å². The molecular formula is C26H30N2O6. The summed E-state index contributed by atoms with van der Waals surface area (Å²) in [5, 5.41) is 12.1. The van der Waals surface area contributed by atoms with Gasteiger partial charge in [-0.3, -0.25) is 9.59 Å². The Morgan fingerprint density at radius 1 is 1.12 bits per heavy atom. The van der Waals surface area contributed by atoms with Gasteiger partial charge in [-0.2, -0.15) is 0 Å². The fraction of sp³-hybridized carbons (Fsp3) is 0.423. The van der Waals surface area contributed by atoms with Gasteiger partial charge in [-0.05, 0) is 42.0 Å². The molecule has 1 fully saturated rings. The number of fused-ring (bicyclic) bond motifs is 3. The smallest absolute Gasteiger partial charge is 0.407 e. The van der Waals surface area contributed by atoms with E-state index < -0.39 is 23.6 Å². The Kier molecular flexibility index (Phi) is 6.88. The van der Waals surface area contributed by atoms with E-state index in [2.05, 4.69) is 17.4 Å². The number of likely N-dealkylation sites (tertiary alicyclic amines) is 1. The molecule has 2 aliphatic rings. The Hall–Kier alpha value is -3.39. The van der Waals surface area contributed by atoms with Gasteiger partial charge in [0.2, 0.25) is 0 Å². The largest absolute Gasteiger partial charge is 0.481 e. The summed E-state index contributed by atoms with van der Waals surface area (Å²) in [5.41, 5.74) is 3.55. The maximum Gasteiger partial charge on any atom is 0.407 e. The zero-order valence-electron chi connectivity index (χ0n) is 19.5. The highest BCUT2D eigenvalue weighted by Gasteiger charge is 2.40. The number of piperidine rings is 1. The van der Waals surface area contributed by atoms with Crippen molar-refractivity contribution in [3.63, 3.8) is 0 Å². The lowest BCUT2D eigenvalue weighted by molar-refractivity contribution is -0.156. The first-order valence-electron chi connectivity index (χ1n) is 11.5. The first-order chi connectivity index (χ1) is 16.3. The Bertz CT molecular complexity index is 1040. The van der Waals surface area contributed by atoms with Crippen LogP contribution >= 0.6 is 0 Å². The van der Waals surface area contributed by atoms with Gasteiger partial charge in [0, 0.05) is 26.1 Å². The molecule has 0 aromatic heterocycles. The second kappa shape index (κ2) is 9.85. The number of benzene rings is 2. The van der Waals surface area contributed by atoms with Crippen LogP contribution in [-0.4, -0.2) is 67.4 Å². The molecule has 4 rings (SSSR count). The number of hydrogen-bond donors (Lipinski definition) is 2. The minimum Gasteiger partial charge on any atom is -0.481 e. The van der Waals surface area contributed by atoms with Crippen molar-refractivity contribution >= 4 is 18.0 Å². The summed E-state index contributed by atoms with van der Waals surface area (Å²) in [6.07, 6.45) is -0.436. The van der Waals surface area contributed by atoms with Crippen LogP contribution in [0.5, 0.6) is 0 Å². The van der Waals surface area contributed by atoms with Crippen LogP contribution in [-0.2, 0) is 19.1 Å². The van der Waals surface area contributed by atoms with E-state index in [1.165, 1.54) is 12.0 Å². The monoisotopic (exact) mass is 466 g/mol. The van der Waals surface area contributed by atoms with E-state index >= 15 is 0 Å². The quantitative estimate of drug-likeness (QED) is 0.649. The summed E-state index contributed by atoms with van der Waals surface area (Å²) in [5.74, 6) is -1.32. The number of amides is 2. The molecule has 0 spiro atoms. The first kappa shape index (κ1) is 23.8. The fourth-order valence-electron chi connectivity index (χ4n) is 4.90. The number of rotatable bonds is 7. The molecule has 0 saturated carbocycles. The third kappa shape index (κ3) is 4.63. The Morgan fingerprint density at radius 3 is 2.32 bits per heavy atom. The Morgan fingerprint density at radius 2 is 1.74 bits per heavy atom. The molecule has 2 N–H and O–H groups in total. The van der Waals surface area contributed by atoms with Crippen LogP contribution in [0.25, 0.3) is 11.1 Å². The number of carboxylic acid groups (broad SMARTS) is 1. The fourth-order valence-corrected chi connectivity index (χ4v) is 4.90. The van der Waals surface area contributed by atoms with Gasteiger partial charge in [-0.25, -0.2) is 4.79 Å². The molecule has 180 valence electrons. The highest BCUT2D eigenvalue weighted by molar-refractivity contribution is 5.83. The van der Waals surface area contributed by atoms with Gasteiger partial charge in [0.05, 0.1) is 12.0 Å². The second-order valence-corrected chi connectivity index (χ2v) is 9.16. The number of aliphatic carboxylic acids is 1. The predicted molar refractivity (Wildman–Crippen MR) is 125 cm³/mol. The van der Waals surface area contributed by atoms with E-state index in [0.29, 0.717) is 19.4 Å². The Labute approximate surface area is 198 Å². The number of nitrogens with one attached hydrogen (secondary N) is 1. The van der Waals surface area contributed by atoms with E-state index in [1.54, 1.807) is 6.92 Å². The summed E-state index contributed by atoms with van der Waals surface area (Å²) >= 11 is 0. The number of alkyl carbamates (subject to hydrolysis) is 1. The number of hydrogen-bond acceptors (Lipinski definition) is 5. The normalized spacial score (nSPS) is 20.2. The van der Waals surface area contributed by atoms with Crippen molar-refractivity contribution in [2.24, 2.45) is 5.41 Å². The van der Waals surface area contributed by atoms with Crippen LogP contribution in [0, 0.1) is 5.41 Å². The molecule has 34 heavy (non-hydrogen) atoms. The van der Waals surface area contributed by atoms with Crippen LogP contribution in [0.2, 0.25) is 0 Å². The maximum atomic E-state index is 12.9. The molecule has 1 heterocycles. The van der Waals surface area contributed by atoms with Crippen LogP contribution in [0.15, 0.2) is 48.5 Å². The third-order valence-electron chi connectivity index (χ3n) is 6.86. The lowest BCUT2D eigenvalue weighted by Crippen LogP contribution is -2.53. The van der Waals surface area contributed by atoms with Gasteiger partial charge in [0.1, 0.15) is 6.61 Å². The van der Waals surface area contributed by atoms with Crippen molar-refractivity contribution in [2.45, 2.75) is 31.8 Å². The van der Waals surface area contributed by atoms with Gasteiger partial charge in [-0.1, -0.05) is 48.5 Å². The maximum absolute atomic E-state index is 12.9. The van der Waals surface area contributed by atoms with Crippen molar-refractivity contribution in [1.29, 1.82) is 0 Å². The molecule has 2 aromatic rings. The molecule has 2 atom stereocenters. The van der Waals surface area contributed by atoms with Gasteiger partial charge < -0.3 is 24.8 Å². The third-order valence-corrected chi connectivity index (χ3v) is 6.86. The second-order valence-electron chi connectivity index (χ2n) is 9.16. The van der Waals surface area contributed by atoms with E-state index in [9.17, 15) is 19.5 Å². The SMILES string of the molecule is COC(CNC(=O)OCC1c2ccccc2-c2ccccc21)C(=O)N1CCCC(C)(C(=O)O)C1. The van der Waals surface area contributed by atoms with Gasteiger partial charge >= 0.3 is 12.1 Å². The lowest BCUT2D eigenvalue weighted by Gasteiger charge is -2.38. The summed E-state index contributed by atoms with van der Waals surface area (Å²) in [6.45, 7) is 2.34. The van der Waals surface area contributed by atoms with Gasteiger partial charge in [-0.15, -0.1) is 0 Å². The molecule has 2 aromatic carbocycles. The highest BCUT2D eigenvalue weighted by atomic mass is 16.5. The predicted octanol–water partition coefficient (Wildman–Crippen LogP) is 3.25. The highest BCUT2D eigenvalue weighted by Crippen LogP contribution is 2.44. The lowest BCUT2D eigenvalue weighted by atomic mass is 9.82. The molecule has 1 saturated heterocycles. The van der Waals surface area contributed by atoms with Crippen LogP contribution in [0.1, 0.15) is 36.8 Å². The van der Waals surface area contributed by atoms with E-state index in [4.69, 9.17) is 9.47 Å². The number of methoxy groups -OCH3 is 1. The van der Waals surface area contributed by atoms with Crippen LogP contribution in [0.3, 0.4) is 0 Å². The van der Waals surface area contributed by atoms with Crippen molar-refractivity contribution in [2.75, 3.05) is 33.4 Å². The molecule has 1 aliphatic heterocycles. The minimum absolute atomic E-state index is 0.0555. The minimum atomic E-state index is -0.980. The van der Waals surface area contributed by atoms with Crippen LogP contribution < -0.4 is 5.32 Å². The summed E-state index contributed by atoms with van der Waals surface area (Å²) in [6, 6.07) is 16.2. The zero-order chi connectivity index (χ0) is 24.3. The standard InChI is InChI=1S/C26H30N2O6/c1-26(24(30)31)12-7-13-28(16-26)23(29)22(33-2)14-27-25(32)34-15-21-19-10-5-3-8-17(19)18-9-4-6-11-20(18)21/h3-6,8-11,21-22H,7,12-16H2,1-2H3,(H,27,32)(H,30,31). The summed E-state index contributed by atoms with van der Waals surface area (Å²) < 4.78 is 10.8. The average molecular weight is 467 g/mol.